The van der Waals surface area contributed by atoms with Crippen LogP contribution in [0.5, 0.6) is 0 Å². The Morgan fingerprint density at radius 1 is 1.24 bits per heavy atom. The molecule has 1 fully saturated rings. The molecule has 2 N–H and O–H groups in total. The van der Waals surface area contributed by atoms with Crippen LogP contribution in [0.2, 0.25) is 0 Å². The minimum Gasteiger partial charge on any atom is -0.328 e. The van der Waals surface area contributed by atoms with E-state index in [0.717, 1.165) is 4.90 Å². The van der Waals surface area contributed by atoms with E-state index in [2.05, 4.69) is 0 Å². The fraction of sp³-hybridized carbons (Fsp3) is 0.417. The number of sulfonamides is 1. The lowest BCUT2D eigenvalue weighted by molar-refractivity contribution is -0.186. The van der Waals surface area contributed by atoms with Gasteiger partial charge in [0.1, 0.15) is 0 Å². The zero-order valence-electron chi connectivity index (χ0n) is 10.8. The van der Waals surface area contributed by atoms with Gasteiger partial charge in [0.15, 0.2) is 0 Å². The lowest BCUT2D eigenvalue weighted by Crippen LogP contribution is -2.40. The Kier molecular flexibility index (Phi) is 3.98. The van der Waals surface area contributed by atoms with Gasteiger partial charge in [-0.2, -0.15) is 13.2 Å². The predicted octanol–water partition coefficient (Wildman–Crippen LogP) is 1.56. The highest BCUT2D eigenvalue weighted by Crippen LogP contribution is 2.35. The van der Waals surface area contributed by atoms with E-state index >= 15 is 0 Å². The molecule has 0 aromatic heterocycles. The maximum atomic E-state index is 12.5. The van der Waals surface area contributed by atoms with Gasteiger partial charge in [0.25, 0.3) is 0 Å². The zero-order valence-corrected chi connectivity index (χ0v) is 11.6. The number of carbonyl (C=O) groups is 1. The number of nitrogens with zero attached hydrogens (tertiary/aromatic N) is 1. The first kappa shape index (κ1) is 15.8. The number of nitrogens with two attached hydrogens (primary N) is 1. The highest BCUT2D eigenvalue weighted by Gasteiger charge is 2.46. The normalized spacial score (nSPS) is 19.8. The third-order valence-corrected chi connectivity index (χ3v) is 4.28. The van der Waals surface area contributed by atoms with Crippen molar-refractivity contribution in [1.29, 1.82) is 0 Å². The molecule has 0 aliphatic carbocycles. The van der Waals surface area contributed by atoms with Crippen LogP contribution < -0.4 is 5.14 Å². The van der Waals surface area contributed by atoms with Gasteiger partial charge in [0, 0.05) is 6.54 Å². The second-order valence-electron chi connectivity index (χ2n) is 4.77. The van der Waals surface area contributed by atoms with Crippen molar-refractivity contribution in [2.45, 2.75) is 30.0 Å². The quantitative estimate of drug-likeness (QED) is 0.897. The van der Waals surface area contributed by atoms with E-state index in [-0.39, 0.29) is 11.4 Å². The molecule has 21 heavy (non-hydrogen) atoms. The van der Waals surface area contributed by atoms with E-state index in [1.165, 1.54) is 24.3 Å². The average Bonchev–Trinajstić information content (AvgIpc) is 2.84. The van der Waals surface area contributed by atoms with E-state index in [0.29, 0.717) is 18.4 Å². The van der Waals surface area contributed by atoms with E-state index in [1.807, 2.05) is 0 Å². The van der Waals surface area contributed by atoms with Crippen molar-refractivity contribution in [3.05, 3.63) is 29.8 Å². The van der Waals surface area contributed by atoms with Gasteiger partial charge in [-0.3, -0.25) is 4.79 Å². The highest BCUT2D eigenvalue weighted by atomic mass is 32.2. The lowest BCUT2D eigenvalue weighted by atomic mass is 10.0. The van der Waals surface area contributed by atoms with Gasteiger partial charge in [-0.25, -0.2) is 13.6 Å². The standard InChI is InChI=1S/C12H13F3N2O3S/c13-12(14,15)11(18)17-7-1-2-10(17)8-3-5-9(6-4-8)21(16,19)20/h3-6,10H,1-2,7H2,(H2,16,19,20). The molecule has 2 rings (SSSR count). The van der Waals surface area contributed by atoms with Gasteiger partial charge in [-0.15, -0.1) is 0 Å². The summed E-state index contributed by atoms with van der Waals surface area (Å²) in [5.41, 5.74) is 0.456. The Balaban J connectivity index is 2.27. The number of amides is 1. The summed E-state index contributed by atoms with van der Waals surface area (Å²) >= 11 is 0. The van der Waals surface area contributed by atoms with Gasteiger partial charge in [-0.1, -0.05) is 12.1 Å². The molecule has 0 spiro atoms. The van der Waals surface area contributed by atoms with E-state index in [1.54, 1.807) is 0 Å². The van der Waals surface area contributed by atoms with Crippen LogP contribution in [0.3, 0.4) is 0 Å². The van der Waals surface area contributed by atoms with Crippen LogP contribution in [-0.4, -0.2) is 31.9 Å². The molecule has 9 heteroatoms. The van der Waals surface area contributed by atoms with Gasteiger partial charge in [0.05, 0.1) is 10.9 Å². The summed E-state index contributed by atoms with van der Waals surface area (Å²) in [5.74, 6) is -1.87. The van der Waals surface area contributed by atoms with Crippen molar-refractivity contribution in [3.63, 3.8) is 0 Å². The summed E-state index contributed by atoms with van der Waals surface area (Å²) in [7, 11) is -3.86. The number of rotatable bonds is 2. The molecule has 116 valence electrons. The van der Waals surface area contributed by atoms with E-state index in [9.17, 15) is 26.4 Å². The van der Waals surface area contributed by atoms with Crippen molar-refractivity contribution >= 4 is 15.9 Å². The largest absolute Gasteiger partial charge is 0.471 e. The second-order valence-corrected chi connectivity index (χ2v) is 6.33. The molecule has 1 aromatic rings. The molecule has 5 nitrogen and oxygen atoms in total. The molecule has 1 saturated heterocycles. The van der Waals surface area contributed by atoms with Crippen LogP contribution in [-0.2, 0) is 14.8 Å². The fourth-order valence-corrected chi connectivity index (χ4v) is 2.91. The Morgan fingerprint density at radius 3 is 2.29 bits per heavy atom. The molecule has 1 aliphatic rings. The number of likely N-dealkylation sites (tertiary alicyclic amines) is 1. The van der Waals surface area contributed by atoms with Gasteiger partial charge >= 0.3 is 12.1 Å². The van der Waals surface area contributed by atoms with E-state index in [4.69, 9.17) is 5.14 Å². The fourth-order valence-electron chi connectivity index (χ4n) is 2.40. The monoisotopic (exact) mass is 322 g/mol. The molecule has 1 heterocycles. The van der Waals surface area contributed by atoms with Crippen molar-refractivity contribution in [2.24, 2.45) is 5.14 Å². The number of primary sulfonamides is 1. The van der Waals surface area contributed by atoms with Crippen LogP contribution in [0.15, 0.2) is 29.2 Å². The third-order valence-electron chi connectivity index (χ3n) is 3.35. The molecule has 0 radical (unpaired) electrons. The summed E-state index contributed by atoms with van der Waals surface area (Å²) in [6.45, 7) is 0.0277. The lowest BCUT2D eigenvalue weighted by Gasteiger charge is -2.26. The Bertz CT molecular complexity index is 641. The Hall–Kier alpha value is -1.61. The van der Waals surface area contributed by atoms with Gasteiger partial charge in [-0.05, 0) is 30.5 Å². The minimum absolute atomic E-state index is 0.0277. The summed E-state index contributed by atoms with van der Waals surface area (Å²) in [6.07, 6.45) is -4.05. The van der Waals surface area contributed by atoms with E-state index < -0.39 is 28.1 Å². The molecule has 1 atom stereocenters. The topological polar surface area (TPSA) is 80.5 Å². The van der Waals surface area contributed by atoms with Crippen LogP contribution in [0, 0.1) is 0 Å². The second kappa shape index (κ2) is 5.30. The Labute approximate surface area is 119 Å². The number of alkyl halides is 3. The zero-order chi connectivity index (χ0) is 15.8. The first-order valence-corrected chi connectivity index (χ1v) is 7.66. The maximum absolute atomic E-state index is 12.5. The summed E-state index contributed by atoms with van der Waals surface area (Å²) in [6, 6.07) is 4.51. The molecule has 1 amide bonds. The number of hydrogen-bond donors (Lipinski definition) is 1. The van der Waals surface area contributed by atoms with Crippen molar-refractivity contribution in [3.8, 4) is 0 Å². The minimum atomic E-state index is -4.91. The van der Waals surface area contributed by atoms with Crippen molar-refractivity contribution in [1.82, 2.24) is 4.90 Å². The molecular formula is C12H13F3N2O3S. The van der Waals surface area contributed by atoms with Crippen LogP contribution in [0.4, 0.5) is 13.2 Å². The summed E-state index contributed by atoms with van der Waals surface area (Å²) in [5, 5.41) is 4.95. The molecule has 1 aromatic carbocycles. The average molecular weight is 322 g/mol. The first-order valence-electron chi connectivity index (χ1n) is 6.11. The number of carbonyl (C=O) groups excluding carboxylic acids is 1. The highest BCUT2D eigenvalue weighted by molar-refractivity contribution is 7.89. The molecule has 0 saturated carbocycles. The maximum Gasteiger partial charge on any atom is 0.471 e. The predicted molar refractivity (Wildman–Crippen MR) is 67.6 cm³/mol. The first-order chi connectivity index (χ1) is 9.60. The number of halogens is 3. The summed E-state index contributed by atoms with van der Waals surface area (Å²) in [4.78, 5) is 12.0. The smallest absolute Gasteiger partial charge is 0.328 e. The number of hydrogen-bond acceptors (Lipinski definition) is 3. The molecular weight excluding hydrogens is 309 g/mol. The van der Waals surface area contributed by atoms with Crippen LogP contribution >= 0.6 is 0 Å². The molecule has 1 unspecified atom stereocenters. The molecule has 0 bridgehead atoms. The summed E-state index contributed by atoms with van der Waals surface area (Å²) < 4.78 is 59.8. The Morgan fingerprint density at radius 2 is 1.81 bits per heavy atom. The van der Waals surface area contributed by atoms with Crippen LogP contribution in [0.1, 0.15) is 24.4 Å². The van der Waals surface area contributed by atoms with Crippen LogP contribution in [0.25, 0.3) is 0 Å². The van der Waals surface area contributed by atoms with Crippen molar-refractivity contribution < 1.29 is 26.4 Å². The van der Waals surface area contributed by atoms with Crippen molar-refractivity contribution in [2.75, 3.05) is 6.54 Å². The SMILES string of the molecule is NS(=O)(=O)c1ccc(C2CCCN2C(=O)C(F)(F)F)cc1. The van der Waals surface area contributed by atoms with Gasteiger partial charge < -0.3 is 4.90 Å². The van der Waals surface area contributed by atoms with Gasteiger partial charge in [0.2, 0.25) is 10.0 Å². The molecule has 1 aliphatic heterocycles. The number of benzene rings is 1. The third kappa shape index (κ3) is 3.35.